The van der Waals surface area contributed by atoms with E-state index in [0.29, 0.717) is 17.7 Å². The SMILES string of the molecule is CC(=O)CCCS(=O)(=O)c1ccccc1C. The number of ketones is 1. The summed E-state index contributed by atoms with van der Waals surface area (Å²) in [6, 6.07) is 6.91. The van der Waals surface area contributed by atoms with Crippen molar-refractivity contribution in [2.45, 2.75) is 31.6 Å². The molecule has 3 nitrogen and oxygen atoms in total. The minimum absolute atomic E-state index is 0.0278. The number of sulfone groups is 1. The Morgan fingerprint density at radius 2 is 1.88 bits per heavy atom. The van der Waals surface area contributed by atoms with Crippen molar-refractivity contribution < 1.29 is 13.2 Å². The molecule has 0 amide bonds. The number of Topliss-reactive ketones (excluding diaryl/α,β-unsaturated/α-hetero) is 1. The normalized spacial score (nSPS) is 11.4. The highest BCUT2D eigenvalue weighted by Crippen LogP contribution is 2.16. The van der Waals surface area contributed by atoms with Gasteiger partial charge in [-0.3, -0.25) is 0 Å². The molecule has 88 valence electrons. The first kappa shape index (κ1) is 12.9. The van der Waals surface area contributed by atoms with Gasteiger partial charge in [-0.2, -0.15) is 0 Å². The van der Waals surface area contributed by atoms with Gasteiger partial charge in [0.1, 0.15) is 5.78 Å². The molecule has 0 aliphatic rings. The quantitative estimate of drug-likeness (QED) is 0.792. The Bertz CT molecular complexity index is 475. The Labute approximate surface area is 96.4 Å². The lowest BCUT2D eigenvalue weighted by Crippen LogP contribution is -2.09. The van der Waals surface area contributed by atoms with Crippen molar-refractivity contribution >= 4 is 15.6 Å². The molecule has 16 heavy (non-hydrogen) atoms. The third-order valence-corrected chi connectivity index (χ3v) is 4.32. The van der Waals surface area contributed by atoms with E-state index < -0.39 is 9.84 Å². The first-order valence-corrected chi connectivity index (χ1v) is 6.86. The van der Waals surface area contributed by atoms with Gasteiger partial charge in [-0.05, 0) is 31.9 Å². The van der Waals surface area contributed by atoms with E-state index in [0.717, 1.165) is 5.56 Å². The van der Waals surface area contributed by atoms with Gasteiger partial charge < -0.3 is 4.79 Å². The molecule has 0 atom stereocenters. The third kappa shape index (κ3) is 3.45. The van der Waals surface area contributed by atoms with Gasteiger partial charge in [0.15, 0.2) is 9.84 Å². The summed E-state index contributed by atoms with van der Waals surface area (Å²) in [6.45, 7) is 3.25. The lowest BCUT2D eigenvalue weighted by Gasteiger charge is -2.06. The highest BCUT2D eigenvalue weighted by molar-refractivity contribution is 7.91. The number of hydrogen-bond acceptors (Lipinski definition) is 3. The molecule has 1 rings (SSSR count). The molecule has 1 aromatic carbocycles. The van der Waals surface area contributed by atoms with E-state index in [1.807, 2.05) is 6.07 Å². The number of aryl methyl sites for hydroxylation is 1. The van der Waals surface area contributed by atoms with Gasteiger partial charge in [0.05, 0.1) is 10.6 Å². The van der Waals surface area contributed by atoms with Crippen molar-refractivity contribution in [2.24, 2.45) is 0 Å². The zero-order valence-corrected chi connectivity index (χ0v) is 10.4. The van der Waals surface area contributed by atoms with Crippen molar-refractivity contribution in [2.75, 3.05) is 5.75 Å². The van der Waals surface area contributed by atoms with E-state index in [1.54, 1.807) is 25.1 Å². The fourth-order valence-corrected chi connectivity index (χ4v) is 3.12. The van der Waals surface area contributed by atoms with Gasteiger partial charge in [-0.1, -0.05) is 18.2 Å². The molecular formula is C12H16O3S. The lowest BCUT2D eigenvalue weighted by molar-refractivity contribution is -0.117. The smallest absolute Gasteiger partial charge is 0.178 e. The Balaban J connectivity index is 2.79. The summed E-state index contributed by atoms with van der Waals surface area (Å²) in [4.78, 5) is 11.1. The molecule has 0 spiro atoms. The summed E-state index contributed by atoms with van der Waals surface area (Å²) in [6.07, 6.45) is 0.719. The van der Waals surface area contributed by atoms with Crippen LogP contribution in [0.15, 0.2) is 29.2 Å². The van der Waals surface area contributed by atoms with Gasteiger partial charge in [-0.25, -0.2) is 8.42 Å². The highest BCUT2D eigenvalue weighted by atomic mass is 32.2. The second-order valence-electron chi connectivity index (χ2n) is 3.89. The van der Waals surface area contributed by atoms with Gasteiger partial charge in [0.2, 0.25) is 0 Å². The molecule has 0 N–H and O–H groups in total. The molecule has 0 radical (unpaired) electrons. The van der Waals surface area contributed by atoms with E-state index in [4.69, 9.17) is 0 Å². The second-order valence-corrected chi connectivity index (χ2v) is 5.97. The first-order valence-electron chi connectivity index (χ1n) is 5.21. The second kappa shape index (κ2) is 5.25. The van der Waals surface area contributed by atoms with Crippen LogP contribution in [0.2, 0.25) is 0 Å². The lowest BCUT2D eigenvalue weighted by atomic mass is 10.2. The van der Waals surface area contributed by atoms with Crippen molar-refractivity contribution in [3.63, 3.8) is 0 Å². The van der Waals surface area contributed by atoms with Crippen LogP contribution in [0.3, 0.4) is 0 Å². The fraction of sp³-hybridized carbons (Fsp3) is 0.417. The van der Waals surface area contributed by atoms with Crippen LogP contribution in [0.1, 0.15) is 25.3 Å². The highest BCUT2D eigenvalue weighted by Gasteiger charge is 2.16. The summed E-state index contributed by atoms with van der Waals surface area (Å²) in [7, 11) is -3.24. The topological polar surface area (TPSA) is 51.2 Å². The molecule has 0 saturated heterocycles. The van der Waals surface area contributed by atoms with Crippen LogP contribution in [0.25, 0.3) is 0 Å². The molecule has 0 aliphatic carbocycles. The summed E-state index contributed by atoms with van der Waals surface area (Å²) in [5.41, 5.74) is 0.755. The summed E-state index contributed by atoms with van der Waals surface area (Å²) in [5.74, 6) is 0.0669. The van der Waals surface area contributed by atoms with E-state index in [1.165, 1.54) is 6.92 Å². The Hall–Kier alpha value is -1.16. The predicted molar refractivity (Wildman–Crippen MR) is 63.1 cm³/mol. The van der Waals surface area contributed by atoms with Crippen LogP contribution in [0.5, 0.6) is 0 Å². The molecule has 0 saturated carbocycles. The maximum absolute atomic E-state index is 11.9. The van der Waals surface area contributed by atoms with E-state index in [2.05, 4.69) is 0 Å². The maximum atomic E-state index is 11.9. The molecule has 1 aromatic rings. The standard InChI is InChI=1S/C12H16O3S/c1-10-6-3-4-8-12(10)16(14,15)9-5-7-11(2)13/h3-4,6,8H,5,7,9H2,1-2H3. The van der Waals surface area contributed by atoms with Crippen LogP contribution in [0, 0.1) is 6.92 Å². The van der Waals surface area contributed by atoms with Gasteiger partial charge in [0.25, 0.3) is 0 Å². The fourth-order valence-electron chi connectivity index (χ4n) is 1.53. The minimum Gasteiger partial charge on any atom is -0.300 e. The van der Waals surface area contributed by atoms with Gasteiger partial charge >= 0.3 is 0 Å². The summed E-state index contributed by atoms with van der Waals surface area (Å²) in [5, 5.41) is 0. The Morgan fingerprint density at radius 3 is 2.44 bits per heavy atom. The molecule has 0 bridgehead atoms. The molecule has 0 aliphatic heterocycles. The summed E-state index contributed by atoms with van der Waals surface area (Å²) >= 11 is 0. The van der Waals surface area contributed by atoms with E-state index in [9.17, 15) is 13.2 Å². The average Bonchev–Trinajstić information content (AvgIpc) is 2.17. The minimum atomic E-state index is -3.24. The van der Waals surface area contributed by atoms with Crippen molar-refractivity contribution in [3.05, 3.63) is 29.8 Å². The zero-order valence-electron chi connectivity index (χ0n) is 9.56. The molecule has 4 heteroatoms. The molecule has 0 fully saturated rings. The van der Waals surface area contributed by atoms with Crippen LogP contribution in [-0.2, 0) is 14.6 Å². The van der Waals surface area contributed by atoms with Gasteiger partial charge in [-0.15, -0.1) is 0 Å². The number of carbonyl (C=O) groups is 1. The van der Waals surface area contributed by atoms with Crippen LogP contribution in [0.4, 0.5) is 0 Å². The van der Waals surface area contributed by atoms with Crippen molar-refractivity contribution in [1.82, 2.24) is 0 Å². The van der Waals surface area contributed by atoms with Crippen LogP contribution in [-0.4, -0.2) is 20.0 Å². The van der Waals surface area contributed by atoms with Gasteiger partial charge in [0, 0.05) is 6.42 Å². The molecule has 0 aromatic heterocycles. The van der Waals surface area contributed by atoms with Crippen molar-refractivity contribution in [3.8, 4) is 0 Å². The van der Waals surface area contributed by atoms with Crippen molar-refractivity contribution in [1.29, 1.82) is 0 Å². The number of benzene rings is 1. The average molecular weight is 240 g/mol. The van der Waals surface area contributed by atoms with E-state index >= 15 is 0 Å². The maximum Gasteiger partial charge on any atom is 0.178 e. The van der Waals surface area contributed by atoms with Crippen LogP contribution < -0.4 is 0 Å². The largest absolute Gasteiger partial charge is 0.300 e. The third-order valence-electron chi connectivity index (χ3n) is 2.37. The number of rotatable bonds is 5. The molecule has 0 unspecified atom stereocenters. The molecule has 0 heterocycles. The van der Waals surface area contributed by atoms with Crippen LogP contribution >= 0.6 is 0 Å². The number of carbonyl (C=O) groups excluding carboxylic acids is 1. The monoisotopic (exact) mass is 240 g/mol. The Morgan fingerprint density at radius 1 is 1.25 bits per heavy atom. The number of hydrogen-bond donors (Lipinski definition) is 0. The summed E-state index contributed by atoms with van der Waals surface area (Å²) < 4.78 is 23.8. The Kier molecular flexibility index (Phi) is 4.24. The first-order chi connectivity index (χ1) is 7.43. The predicted octanol–water partition coefficient (Wildman–Crippen LogP) is 2.14. The van der Waals surface area contributed by atoms with E-state index in [-0.39, 0.29) is 11.5 Å². The zero-order chi connectivity index (χ0) is 12.2. The molecular weight excluding hydrogens is 224 g/mol.